The van der Waals surface area contributed by atoms with Crippen LogP contribution in [0.15, 0.2) is 36.9 Å². The highest BCUT2D eigenvalue weighted by atomic mass is 19.3. The predicted octanol–water partition coefficient (Wildman–Crippen LogP) is 3.25. The Labute approximate surface area is 187 Å². The van der Waals surface area contributed by atoms with Gasteiger partial charge in [-0.2, -0.15) is 10.1 Å². The molecule has 33 heavy (non-hydrogen) atoms. The fraction of sp³-hybridized carbons (Fsp3) is 0.364. The molecule has 9 nitrogen and oxygen atoms in total. The molecule has 1 saturated carbocycles. The molecule has 0 aliphatic heterocycles. The second-order valence-corrected chi connectivity index (χ2v) is 8.40. The summed E-state index contributed by atoms with van der Waals surface area (Å²) in [7, 11) is 1.64. The van der Waals surface area contributed by atoms with Crippen molar-refractivity contribution in [1.29, 1.82) is 0 Å². The predicted molar refractivity (Wildman–Crippen MR) is 118 cm³/mol. The van der Waals surface area contributed by atoms with E-state index in [0.29, 0.717) is 29.3 Å². The number of fused-ring (bicyclic) bond motifs is 2. The Morgan fingerprint density at radius 2 is 2.21 bits per heavy atom. The molecule has 1 aliphatic rings. The van der Waals surface area contributed by atoms with Crippen LogP contribution >= 0.6 is 0 Å². The molecule has 11 heteroatoms. The molecule has 0 saturated heterocycles. The number of alkyl halides is 2. The molecule has 172 valence electrons. The molecule has 4 aromatic heterocycles. The van der Waals surface area contributed by atoms with Crippen molar-refractivity contribution in [3.63, 3.8) is 0 Å². The Hall–Kier alpha value is -3.60. The molecule has 4 aromatic rings. The molecule has 1 aliphatic carbocycles. The highest BCUT2D eigenvalue weighted by Gasteiger charge is 2.46. The number of carbonyl (C=O) groups is 1. The van der Waals surface area contributed by atoms with Crippen LogP contribution in [-0.4, -0.2) is 62.2 Å². The van der Waals surface area contributed by atoms with Gasteiger partial charge in [-0.25, -0.2) is 18.3 Å². The third kappa shape index (κ3) is 4.11. The van der Waals surface area contributed by atoms with Crippen molar-refractivity contribution in [3.8, 4) is 11.1 Å². The number of anilines is 1. The molecule has 5 rings (SSSR count). The minimum absolute atomic E-state index is 0.0573. The van der Waals surface area contributed by atoms with Gasteiger partial charge in [0.1, 0.15) is 5.65 Å². The van der Waals surface area contributed by atoms with Crippen molar-refractivity contribution >= 4 is 28.4 Å². The zero-order chi connectivity index (χ0) is 23.2. The van der Waals surface area contributed by atoms with Gasteiger partial charge >= 0.3 is 0 Å². The van der Waals surface area contributed by atoms with Crippen LogP contribution in [0.3, 0.4) is 0 Å². The highest BCUT2D eigenvalue weighted by molar-refractivity contribution is 6.02. The van der Waals surface area contributed by atoms with Gasteiger partial charge in [0.2, 0.25) is 5.95 Å². The third-order valence-electron chi connectivity index (χ3n) is 5.73. The summed E-state index contributed by atoms with van der Waals surface area (Å²) in [5.74, 6) is -2.61. The van der Waals surface area contributed by atoms with E-state index in [1.54, 1.807) is 24.0 Å². The lowest BCUT2D eigenvalue weighted by molar-refractivity contribution is -0.0901. The van der Waals surface area contributed by atoms with Crippen molar-refractivity contribution in [1.82, 2.24) is 29.9 Å². The Balaban J connectivity index is 1.41. The number of aromatic amines is 1. The fourth-order valence-corrected chi connectivity index (χ4v) is 4.08. The number of rotatable bonds is 7. The second-order valence-electron chi connectivity index (χ2n) is 8.40. The number of amides is 1. The molecule has 1 fully saturated rings. The van der Waals surface area contributed by atoms with E-state index in [4.69, 9.17) is 4.74 Å². The minimum atomic E-state index is -2.69. The number of nitrogens with one attached hydrogen (secondary N) is 3. The number of carbonyl (C=O) groups excluding carboxylic acids is 1. The van der Waals surface area contributed by atoms with Crippen LogP contribution in [0.5, 0.6) is 0 Å². The molecule has 1 unspecified atom stereocenters. The Kier molecular flexibility index (Phi) is 5.20. The summed E-state index contributed by atoms with van der Waals surface area (Å²) in [5.41, 5.74) is 3.30. The van der Waals surface area contributed by atoms with Crippen molar-refractivity contribution in [2.24, 2.45) is 0 Å². The van der Waals surface area contributed by atoms with Crippen LogP contribution in [0.4, 0.5) is 14.7 Å². The lowest BCUT2D eigenvalue weighted by Crippen LogP contribution is -2.50. The summed E-state index contributed by atoms with van der Waals surface area (Å²) in [6, 6.07) is 3.25. The first-order chi connectivity index (χ1) is 15.8. The quantitative estimate of drug-likeness (QED) is 0.395. The summed E-state index contributed by atoms with van der Waals surface area (Å²) >= 11 is 0. The summed E-state index contributed by atoms with van der Waals surface area (Å²) in [6.45, 7) is 2.50. The van der Waals surface area contributed by atoms with Crippen molar-refractivity contribution in [2.75, 3.05) is 19.0 Å². The molecule has 1 atom stereocenters. The molecule has 4 heterocycles. The van der Waals surface area contributed by atoms with Crippen LogP contribution < -0.4 is 10.6 Å². The second kappa shape index (κ2) is 8.07. The number of aromatic nitrogens is 5. The monoisotopic (exact) mass is 455 g/mol. The van der Waals surface area contributed by atoms with E-state index < -0.39 is 17.9 Å². The van der Waals surface area contributed by atoms with Gasteiger partial charge in [-0.1, -0.05) is 0 Å². The van der Waals surface area contributed by atoms with Gasteiger partial charge in [-0.05, 0) is 24.6 Å². The van der Waals surface area contributed by atoms with Crippen LogP contribution in [0.25, 0.3) is 27.7 Å². The number of halogens is 2. The lowest BCUT2D eigenvalue weighted by atomic mass is 9.88. The minimum Gasteiger partial charge on any atom is -0.383 e. The lowest BCUT2D eigenvalue weighted by Gasteiger charge is -2.35. The van der Waals surface area contributed by atoms with Gasteiger partial charge in [0.05, 0.1) is 23.9 Å². The Morgan fingerprint density at radius 1 is 1.39 bits per heavy atom. The normalized spacial score (nSPS) is 16.6. The van der Waals surface area contributed by atoms with Gasteiger partial charge in [-0.3, -0.25) is 4.79 Å². The maximum Gasteiger partial charge on any atom is 0.255 e. The molecule has 0 spiro atoms. The first-order valence-electron chi connectivity index (χ1n) is 10.6. The topological polar surface area (TPSA) is 109 Å². The van der Waals surface area contributed by atoms with E-state index in [1.807, 2.05) is 25.3 Å². The molecular weight excluding hydrogens is 432 g/mol. The van der Waals surface area contributed by atoms with Gasteiger partial charge in [0, 0.05) is 61.6 Å². The van der Waals surface area contributed by atoms with Crippen LogP contribution in [0.2, 0.25) is 0 Å². The average Bonchev–Trinajstić information content (AvgIpc) is 3.36. The number of H-pyrrole nitrogens is 1. The standard InChI is InChI=1S/C22H23F2N7O2/c1-12(11-33-2)28-21-26-9-16-15(8-25-19(16)30-21)13-3-4-31-18(5-13)17(10-27-31)20(32)29-14-6-22(23,24)7-14/h3-5,8-10,12,14H,6-7,11H2,1-2H3,(H,29,32)(H2,25,26,28,30). The van der Waals surface area contributed by atoms with Crippen LogP contribution in [0.1, 0.15) is 30.1 Å². The number of pyridine rings is 1. The van der Waals surface area contributed by atoms with Crippen molar-refractivity contribution in [3.05, 3.63) is 42.5 Å². The molecular formula is C22H23F2N7O2. The fourth-order valence-electron chi connectivity index (χ4n) is 4.08. The zero-order valence-corrected chi connectivity index (χ0v) is 18.1. The first-order valence-corrected chi connectivity index (χ1v) is 10.6. The van der Waals surface area contributed by atoms with E-state index in [9.17, 15) is 13.6 Å². The maximum atomic E-state index is 13.1. The summed E-state index contributed by atoms with van der Waals surface area (Å²) in [5, 5.41) is 10.9. The number of hydrogen-bond acceptors (Lipinski definition) is 6. The molecule has 0 radical (unpaired) electrons. The smallest absolute Gasteiger partial charge is 0.255 e. The molecule has 3 N–H and O–H groups in total. The maximum absolute atomic E-state index is 13.1. The summed E-state index contributed by atoms with van der Waals surface area (Å²) in [6.07, 6.45) is 6.10. The van der Waals surface area contributed by atoms with Crippen LogP contribution in [0, 0.1) is 0 Å². The average molecular weight is 455 g/mol. The van der Waals surface area contributed by atoms with Gasteiger partial charge in [0.25, 0.3) is 11.8 Å². The molecule has 1 amide bonds. The Bertz CT molecular complexity index is 1330. The number of nitrogens with zero attached hydrogens (tertiary/aromatic N) is 4. The van der Waals surface area contributed by atoms with Crippen LogP contribution in [-0.2, 0) is 4.74 Å². The SMILES string of the molecule is COCC(C)Nc1ncc2c(-c3ccn4ncc(C(=O)NC5CC(F)(F)C5)c4c3)c[nH]c2n1. The van der Waals surface area contributed by atoms with Gasteiger partial charge in [0.15, 0.2) is 0 Å². The zero-order valence-electron chi connectivity index (χ0n) is 18.1. The largest absolute Gasteiger partial charge is 0.383 e. The number of methoxy groups -OCH3 is 1. The van der Waals surface area contributed by atoms with Crippen molar-refractivity contribution < 1.29 is 18.3 Å². The number of hydrogen-bond donors (Lipinski definition) is 3. The first kappa shape index (κ1) is 21.3. The van der Waals surface area contributed by atoms with E-state index in [-0.39, 0.29) is 18.9 Å². The van der Waals surface area contributed by atoms with Gasteiger partial charge in [-0.15, -0.1) is 0 Å². The molecule has 0 aromatic carbocycles. The van der Waals surface area contributed by atoms with E-state index in [1.165, 1.54) is 6.20 Å². The van der Waals surface area contributed by atoms with E-state index in [2.05, 4.69) is 30.7 Å². The summed E-state index contributed by atoms with van der Waals surface area (Å²) in [4.78, 5) is 24.8. The Morgan fingerprint density at radius 3 is 2.97 bits per heavy atom. The highest BCUT2D eigenvalue weighted by Crippen LogP contribution is 2.37. The van der Waals surface area contributed by atoms with E-state index in [0.717, 1.165) is 16.5 Å². The van der Waals surface area contributed by atoms with E-state index >= 15 is 0 Å². The van der Waals surface area contributed by atoms with Crippen molar-refractivity contribution in [2.45, 2.75) is 37.8 Å². The summed E-state index contributed by atoms with van der Waals surface area (Å²) < 4.78 is 32.9. The molecule has 0 bridgehead atoms. The van der Waals surface area contributed by atoms with Gasteiger partial charge < -0.3 is 20.4 Å². The number of ether oxygens (including phenoxy) is 1. The third-order valence-corrected chi connectivity index (χ3v) is 5.73.